The highest BCUT2D eigenvalue weighted by molar-refractivity contribution is 7.96. The summed E-state index contributed by atoms with van der Waals surface area (Å²) in [5.41, 5.74) is 13.9. The summed E-state index contributed by atoms with van der Waals surface area (Å²) in [5, 5.41) is 2.31. The Balaban J connectivity index is 1.48. The molecular weight excluding hydrogens is 643 g/mol. The average molecular weight is 677 g/mol. The fourth-order valence-corrected chi connectivity index (χ4v) is 9.69. The van der Waals surface area contributed by atoms with Crippen molar-refractivity contribution in [3.8, 4) is 66.8 Å². The SMILES string of the molecule is ClP(c1c(-c2ccccc2)cc(-c2ccccc2)cc1-c1ccccc1)c1c(-c2ccccc2)cc(-c2ccccc2)cc1-c1ccccc1. The van der Waals surface area contributed by atoms with Crippen LogP contribution in [0.15, 0.2) is 206 Å². The third-order valence-corrected chi connectivity index (χ3v) is 11.9. The minimum Gasteiger partial charge on any atom is -0.0858 e. The monoisotopic (exact) mass is 676 g/mol. The number of benzene rings is 8. The molecule has 0 bridgehead atoms. The fourth-order valence-electron chi connectivity index (χ4n) is 6.75. The molecule has 238 valence electrons. The standard InChI is InChI=1S/C48H34ClP/c49-50(47-43(37-23-11-3-12-24-37)31-41(35-19-7-1-8-20-35)32-44(47)38-25-13-4-14-26-38)48-45(39-27-15-5-16-28-39)33-42(36-21-9-2-10-22-36)34-46(48)40-29-17-6-18-30-40/h1-34H. The quantitative estimate of drug-likeness (QED) is 0.141. The molecule has 50 heavy (non-hydrogen) atoms. The summed E-state index contributed by atoms with van der Waals surface area (Å²) in [6, 6.07) is 73.6. The number of halogens is 1. The second-order valence-electron chi connectivity index (χ2n) is 12.3. The Hall–Kier alpha value is -5.52. The molecule has 0 N–H and O–H groups in total. The van der Waals surface area contributed by atoms with Crippen LogP contribution in [0.25, 0.3) is 66.8 Å². The van der Waals surface area contributed by atoms with Crippen LogP contribution in [0, 0.1) is 0 Å². The van der Waals surface area contributed by atoms with Crippen LogP contribution in [0.3, 0.4) is 0 Å². The van der Waals surface area contributed by atoms with E-state index < -0.39 is 7.27 Å². The number of rotatable bonds is 8. The maximum atomic E-state index is 8.21. The van der Waals surface area contributed by atoms with E-state index >= 15 is 0 Å². The van der Waals surface area contributed by atoms with Gasteiger partial charge in [0, 0.05) is 10.6 Å². The molecule has 8 rings (SSSR count). The van der Waals surface area contributed by atoms with Crippen molar-refractivity contribution in [2.45, 2.75) is 0 Å². The maximum absolute atomic E-state index is 8.21. The first-order valence-corrected chi connectivity index (χ1v) is 19.1. The minimum atomic E-state index is -1.44. The van der Waals surface area contributed by atoms with E-state index in [0.29, 0.717) is 0 Å². The Bertz CT molecular complexity index is 2050. The molecule has 0 nitrogen and oxygen atoms in total. The zero-order valence-corrected chi connectivity index (χ0v) is 29.1. The fraction of sp³-hybridized carbons (Fsp3) is 0. The third kappa shape index (κ3) is 6.45. The molecule has 0 saturated heterocycles. The van der Waals surface area contributed by atoms with Crippen molar-refractivity contribution in [3.63, 3.8) is 0 Å². The lowest BCUT2D eigenvalue weighted by Gasteiger charge is -2.26. The first-order valence-electron chi connectivity index (χ1n) is 16.9. The van der Waals surface area contributed by atoms with Gasteiger partial charge in [0.15, 0.2) is 0 Å². The number of hydrogen-bond acceptors (Lipinski definition) is 0. The summed E-state index contributed by atoms with van der Waals surface area (Å²) >= 11 is 8.21. The molecule has 0 fully saturated rings. The van der Waals surface area contributed by atoms with E-state index in [2.05, 4.69) is 206 Å². The van der Waals surface area contributed by atoms with Crippen molar-refractivity contribution in [1.29, 1.82) is 0 Å². The van der Waals surface area contributed by atoms with Crippen molar-refractivity contribution in [3.05, 3.63) is 206 Å². The van der Waals surface area contributed by atoms with Gasteiger partial charge in [-0.1, -0.05) is 193 Å². The molecule has 0 spiro atoms. The molecule has 0 aliphatic heterocycles. The first-order chi connectivity index (χ1) is 24.7. The van der Waals surface area contributed by atoms with E-state index in [4.69, 9.17) is 11.2 Å². The lowest BCUT2D eigenvalue weighted by molar-refractivity contribution is 1.58. The summed E-state index contributed by atoms with van der Waals surface area (Å²) < 4.78 is 0. The van der Waals surface area contributed by atoms with Gasteiger partial charge >= 0.3 is 0 Å². The lowest BCUT2D eigenvalue weighted by Crippen LogP contribution is -2.18. The van der Waals surface area contributed by atoms with Crippen LogP contribution in [0.1, 0.15) is 0 Å². The van der Waals surface area contributed by atoms with Crippen LogP contribution in [0.5, 0.6) is 0 Å². The molecule has 8 aromatic carbocycles. The molecule has 2 heteroatoms. The molecule has 0 atom stereocenters. The molecule has 0 saturated carbocycles. The van der Waals surface area contributed by atoms with Gasteiger partial charge in [-0.3, -0.25) is 0 Å². The van der Waals surface area contributed by atoms with Crippen LogP contribution < -0.4 is 10.6 Å². The summed E-state index contributed by atoms with van der Waals surface area (Å²) in [4.78, 5) is 0. The highest BCUT2D eigenvalue weighted by Gasteiger charge is 2.28. The highest BCUT2D eigenvalue weighted by Crippen LogP contribution is 2.51. The van der Waals surface area contributed by atoms with Gasteiger partial charge in [-0.25, -0.2) is 0 Å². The van der Waals surface area contributed by atoms with Gasteiger partial charge in [-0.05, 0) is 91.0 Å². The Morgan fingerprint density at radius 3 is 0.660 bits per heavy atom. The lowest BCUT2D eigenvalue weighted by atomic mass is 9.93. The Kier molecular flexibility index (Phi) is 9.22. The molecule has 0 aromatic heterocycles. The molecule has 0 amide bonds. The topological polar surface area (TPSA) is 0 Å². The van der Waals surface area contributed by atoms with Crippen LogP contribution in [0.2, 0.25) is 0 Å². The van der Waals surface area contributed by atoms with Gasteiger partial charge in [-0.2, -0.15) is 0 Å². The molecule has 0 heterocycles. The zero-order chi connectivity index (χ0) is 33.7. The second kappa shape index (κ2) is 14.5. The summed E-state index contributed by atoms with van der Waals surface area (Å²) in [6.07, 6.45) is 0. The molecular formula is C48H34ClP. The van der Waals surface area contributed by atoms with E-state index in [9.17, 15) is 0 Å². The second-order valence-corrected chi connectivity index (χ2v) is 14.8. The van der Waals surface area contributed by atoms with Crippen molar-refractivity contribution >= 4 is 29.1 Å². The Labute approximate surface area is 300 Å². The van der Waals surface area contributed by atoms with Gasteiger partial charge in [0.25, 0.3) is 0 Å². The first kappa shape index (κ1) is 31.7. The predicted octanol–water partition coefficient (Wildman–Crippen LogP) is 13.3. The van der Waals surface area contributed by atoms with Gasteiger partial charge < -0.3 is 0 Å². The Morgan fingerprint density at radius 2 is 0.440 bits per heavy atom. The van der Waals surface area contributed by atoms with E-state index in [-0.39, 0.29) is 0 Å². The highest BCUT2D eigenvalue weighted by atomic mass is 35.7. The van der Waals surface area contributed by atoms with Crippen LogP contribution >= 0.6 is 18.5 Å². The molecule has 0 aliphatic rings. The smallest absolute Gasteiger partial charge is 0.0549 e. The summed E-state index contributed by atoms with van der Waals surface area (Å²) in [5.74, 6) is 0. The molecule has 8 aromatic rings. The van der Waals surface area contributed by atoms with E-state index in [1.165, 1.54) is 11.1 Å². The van der Waals surface area contributed by atoms with Crippen molar-refractivity contribution < 1.29 is 0 Å². The van der Waals surface area contributed by atoms with Crippen LogP contribution in [-0.2, 0) is 0 Å². The van der Waals surface area contributed by atoms with Crippen LogP contribution in [0.4, 0.5) is 0 Å². The van der Waals surface area contributed by atoms with Gasteiger partial charge in [0.2, 0.25) is 0 Å². The molecule has 0 unspecified atom stereocenters. The largest absolute Gasteiger partial charge is 0.0858 e. The van der Waals surface area contributed by atoms with Gasteiger partial charge in [0.05, 0.1) is 7.27 Å². The van der Waals surface area contributed by atoms with Crippen molar-refractivity contribution in [2.75, 3.05) is 0 Å². The minimum absolute atomic E-state index is 1.15. The number of hydrogen-bond donors (Lipinski definition) is 0. The molecule has 0 radical (unpaired) electrons. The van der Waals surface area contributed by atoms with Gasteiger partial charge in [-0.15, -0.1) is 0 Å². The van der Waals surface area contributed by atoms with Crippen molar-refractivity contribution in [2.24, 2.45) is 0 Å². The maximum Gasteiger partial charge on any atom is 0.0549 e. The normalized spacial score (nSPS) is 11.1. The van der Waals surface area contributed by atoms with Gasteiger partial charge in [0.1, 0.15) is 0 Å². The van der Waals surface area contributed by atoms with Crippen LogP contribution in [-0.4, -0.2) is 0 Å². The third-order valence-electron chi connectivity index (χ3n) is 9.17. The van der Waals surface area contributed by atoms with E-state index in [0.717, 1.165) is 66.2 Å². The Morgan fingerprint density at radius 1 is 0.240 bits per heavy atom. The summed E-state index contributed by atoms with van der Waals surface area (Å²) in [6.45, 7) is 0. The van der Waals surface area contributed by atoms with Crippen molar-refractivity contribution in [1.82, 2.24) is 0 Å². The summed E-state index contributed by atoms with van der Waals surface area (Å²) in [7, 11) is -1.44. The van der Waals surface area contributed by atoms with E-state index in [1.807, 2.05) is 0 Å². The van der Waals surface area contributed by atoms with E-state index in [1.54, 1.807) is 0 Å². The zero-order valence-electron chi connectivity index (χ0n) is 27.5. The molecule has 0 aliphatic carbocycles. The average Bonchev–Trinajstić information content (AvgIpc) is 3.21. The predicted molar refractivity (Wildman–Crippen MR) is 218 cm³/mol.